The Morgan fingerprint density at radius 1 is 0.609 bits per heavy atom. The molecule has 7 amide bonds. The minimum absolute atomic E-state index is 0.0229. The molecule has 0 heterocycles. The van der Waals surface area contributed by atoms with E-state index >= 15 is 0 Å². The summed E-state index contributed by atoms with van der Waals surface area (Å²) in [4.78, 5) is 95.2. The Kier molecular flexibility index (Phi) is 20.4. The van der Waals surface area contributed by atoms with Crippen LogP contribution in [0.15, 0.2) is 54.6 Å². The van der Waals surface area contributed by atoms with Crippen LogP contribution in [0, 0.1) is 0 Å². The molecule has 0 aliphatic heterocycles. The fourth-order valence-corrected chi connectivity index (χ4v) is 5.65. The highest BCUT2D eigenvalue weighted by Crippen LogP contribution is 2.29. The van der Waals surface area contributed by atoms with E-state index < -0.39 is 89.0 Å². The molecule has 0 saturated heterocycles. The molecular formula is C44H64F3N7O10. The number of hydrogen-bond acceptors (Lipinski definition) is 10. The van der Waals surface area contributed by atoms with Crippen molar-refractivity contribution in [2.24, 2.45) is 0 Å². The lowest BCUT2D eigenvalue weighted by Crippen LogP contribution is -2.56. The summed E-state index contributed by atoms with van der Waals surface area (Å²) in [5.41, 5.74) is -2.69. The first-order valence-corrected chi connectivity index (χ1v) is 20.8. The van der Waals surface area contributed by atoms with Crippen LogP contribution in [-0.2, 0) is 41.2 Å². The summed E-state index contributed by atoms with van der Waals surface area (Å²) in [6, 6.07) is 9.93. The lowest BCUT2D eigenvalue weighted by molar-refractivity contribution is -0.138. The van der Waals surface area contributed by atoms with Gasteiger partial charge in [0.05, 0.1) is 12.0 Å². The maximum Gasteiger partial charge on any atom is 0.416 e. The van der Waals surface area contributed by atoms with Crippen LogP contribution < -0.4 is 26.6 Å². The second-order valence-corrected chi connectivity index (χ2v) is 17.8. The van der Waals surface area contributed by atoms with E-state index in [1.807, 2.05) is 18.2 Å². The van der Waals surface area contributed by atoms with Crippen LogP contribution in [0.1, 0.15) is 96.6 Å². The molecule has 17 nitrogen and oxygen atoms in total. The summed E-state index contributed by atoms with van der Waals surface area (Å²) in [6.07, 6.45) is -7.34. The molecule has 0 radical (unpaired) electrons. The van der Waals surface area contributed by atoms with Crippen LogP contribution in [0.3, 0.4) is 0 Å². The predicted octanol–water partition coefficient (Wildman–Crippen LogP) is 5.17. The molecule has 0 aliphatic rings. The van der Waals surface area contributed by atoms with Gasteiger partial charge in [-0.2, -0.15) is 13.2 Å². The van der Waals surface area contributed by atoms with Gasteiger partial charge in [-0.25, -0.2) is 14.4 Å². The maximum absolute atomic E-state index is 14.2. The number of amides is 7. The first-order valence-electron chi connectivity index (χ1n) is 20.8. The zero-order valence-corrected chi connectivity index (χ0v) is 38.3. The lowest BCUT2D eigenvalue weighted by atomic mass is 10.0. The molecule has 20 heteroatoms. The quantitative estimate of drug-likeness (QED) is 0.117. The van der Waals surface area contributed by atoms with Gasteiger partial charge in [-0.3, -0.25) is 19.2 Å². The molecule has 0 fully saturated rings. The normalized spacial score (nSPS) is 12.7. The molecular weight excluding hydrogens is 844 g/mol. The number of halogens is 3. The largest absolute Gasteiger partial charge is 0.444 e. The van der Waals surface area contributed by atoms with Gasteiger partial charge in [0, 0.05) is 51.9 Å². The number of nitrogens with zero attached hydrogens (tertiary/aromatic N) is 2. The SMILES string of the molecule is CN(CCNC(=O)c1ccc(C(F)(F)F)cc1)C(=O)[C@H](CCc1ccccc1)NC(=O)[C@H](CC(=O)N(CCNC(=O)OC(C)(C)C)CCNC(=O)OC(C)(C)C)NC(=O)OC(C)(C)C. The Morgan fingerprint density at radius 2 is 1.09 bits per heavy atom. The Morgan fingerprint density at radius 3 is 1.58 bits per heavy atom. The Bertz CT molecular complexity index is 1840. The van der Waals surface area contributed by atoms with E-state index in [4.69, 9.17) is 14.2 Å². The average molecular weight is 908 g/mol. The number of aryl methyl sites for hydroxylation is 1. The van der Waals surface area contributed by atoms with Crippen molar-refractivity contribution in [1.29, 1.82) is 0 Å². The topological polar surface area (TPSA) is 214 Å². The number of alkyl carbamates (subject to hydrolysis) is 3. The number of carbonyl (C=O) groups excluding carboxylic acids is 7. The average Bonchev–Trinajstić information content (AvgIpc) is 3.16. The molecule has 5 N–H and O–H groups in total. The van der Waals surface area contributed by atoms with Gasteiger partial charge in [0.15, 0.2) is 0 Å². The number of hydrogen-bond donors (Lipinski definition) is 5. The third-order valence-corrected chi connectivity index (χ3v) is 8.60. The number of ether oxygens (including phenoxy) is 3. The highest BCUT2D eigenvalue weighted by Gasteiger charge is 2.33. The monoisotopic (exact) mass is 907 g/mol. The van der Waals surface area contributed by atoms with Crippen molar-refractivity contribution in [3.8, 4) is 0 Å². The number of nitrogens with one attached hydrogen (secondary N) is 5. The smallest absolute Gasteiger partial charge is 0.416 e. The van der Waals surface area contributed by atoms with Crippen molar-refractivity contribution in [2.45, 2.75) is 117 Å². The van der Waals surface area contributed by atoms with E-state index in [1.165, 1.54) is 16.8 Å². The molecule has 2 aromatic carbocycles. The number of benzene rings is 2. The molecule has 2 atom stereocenters. The summed E-state index contributed by atoms with van der Waals surface area (Å²) in [5.74, 6) is -2.84. The summed E-state index contributed by atoms with van der Waals surface area (Å²) in [6.45, 7) is 14.3. The van der Waals surface area contributed by atoms with Crippen LogP contribution in [-0.4, -0.2) is 127 Å². The molecule has 0 aliphatic carbocycles. The van der Waals surface area contributed by atoms with Crippen LogP contribution in [0.2, 0.25) is 0 Å². The number of carbonyl (C=O) groups is 7. The van der Waals surface area contributed by atoms with Gasteiger partial charge in [0.25, 0.3) is 5.91 Å². The number of rotatable bonds is 19. The highest BCUT2D eigenvalue weighted by molar-refractivity contribution is 5.95. The highest BCUT2D eigenvalue weighted by atomic mass is 19.4. The van der Waals surface area contributed by atoms with Crippen LogP contribution >= 0.6 is 0 Å². The van der Waals surface area contributed by atoms with E-state index in [1.54, 1.807) is 74.4 Å². The molecule has 0 unspecified atom stereocenters. The minimum Gasteiger partial charge on any atom is -0.444 e. The van der Waals surface area contributed by atoms with Gasteiger partial charge in [-0.1, -0.05) is 30.3 Å². The second-order valence-electron chi connectivity index (χ2n) is 17.8. The summed E-state index contributed by atoms with van der Waals surface area (Å²) in [7, 11) is 1.43. The summed E-state index contributed by atoms with van der Waals surface area (Å²) in [5, 5.41) is 12.8. The van der Waals surface area contributed by atoms with E-state index in [9.17, 15) is 46.7 Å². The molecule has 0 saturated carbocycles. The molecule has 2 rings (SSSR count). The van der Waals surface area contributed by atoms with Crippen LogP contribution in [0.4, 0.5) is 27.6 Å². The van der Waals surface area contributed by atoms with Gasteiger partial charge in [0.2, 0.25) is 17.7 Å². The lowest BCUT2D eigenvalue weighted by Gasteiger charge is -2.29. The Hall–Kier alpha value is -6.08. The molecule has 2 aromatic rings. The van der Waals surface area contributed by atoms with E-state index in [0.29, 0.717) is 6.42 Å². The van der Waals surface area contributed by atoms with Gasteiger partial charge in [-0.05, 0) is 105 Å². The van der Waals surface area contributed by atoms with Crippen LogP contribution in [0.5, 0.6) is 0 Å². The van der Waals surface area contributed by atoms with E-state index in [0.717, 1.165) is 29.8 Å². The minimum atomic E-state index is -4.57. The van der Waals surface area contributed by atoms with Gasteiger partial charge >= 0.3 is 24.5 Å². The van der Waals surface area contributed by atoms with Gasteiger partial charge in [-0.15, -0.1) is 0 Å². The summed E-state index contributed by atoms with van der Waals surface area (Å²) >= 11 is 0. The summed E-state index contributed by atoms with van der Waals surface area (Å²) < 4.78 is 55.0. The molecule has 0 bridgehead atoms. The van der Waals surface area contributed by atoms with E-state index in [-0.39, 0.29) is 51.3 Å². The van der Waals surface area contributed by atoms with E-state index in [2.05, 4.69) is 26.6 Å². The predicted molar refractivity (Wildman–Crippen MR) is 231 cm³/mol. The second kappa shape index (κ2) is 24.1. The fourth-order valence-electron chi connectivity index (χ4n) is 5.65. The van der Waals surface area contributed by atoms with Crippen molar-refractivity contribution < 1.29 is 60.9 Å². The molecule has 356 valence electrons. The maximum atomic E-state index is 14.2. The van der Waals surface area contributed by atoms with Crippen LogP contribution in [0.25, 0.3) is 0 Å². The molecule has 0 aromatic heterocycles. The van der Waals surface area contributed by atoms with Crippen molar-refractivity contribution in [2.75, 3.05) is 46.3 Å². The van der Waals surface area contributed by atoms with Crippen molar-refractivity contribution in [1.82, 2.24) is 36.4 Å². The third kappa shape index (κ3) is 21.8. The van der Waals surface area contributed by atoms with Crippen molar-refractivity contribution in [3.05, 3.63) is 71.3 Å². The molecule has 64 heavy (non-hydrogen) atoms. The number of alkyl halides is 3. The third-order valence-electron chi connectivity index (χ3n) is 8.60. The first-order chi connectivity index (χ1) is 29.5. The standard InChI is InChI=1S/C44H64F3N7O10/c1-41(2,3)62-38(59)49-23-26-54(27-24-50-39(60)63-42(4,5)6)34(55)28-33(52-40(61)64-43(7,8)9)36(57)51-32(21-16-29-14-12-11-13-15-29)37(58)53(10)25-22-48-35(56)30-17-19-31(20-18-30)44(45,46)47/h11-15,17-20,32-33H,16,21-28H2,1-10H3,(H,48,56)(H,49,59)(H,50,60)(H,51,57)(H,52,61)/t32-,33-/m0/s1. The van der Waals surface area contributed by atoms with Crippen molar-refractivity contribution >= 4 is 41.9 Å². The van der Waals surface area contributed by atoms with Gasteiger partial charge < -0.3 is 50.6 Å². The fraction of sp³-hybridized carbons (Fsp3) is 0.568. The molecule has 0 spiro atoms. The Labute approximate surface area is 372 Å². The number of likely N-dealkylation sites (N-methyl/N-ethyl adjacent to an activating group) is 1. The zero-order chi connectivity index (χ0) is 48.5. The zero-order valence-electron chi connectivity index (χ0n) is 38.3. The Balaban J connectivity index is 2.34. The first kappa shape index (κ1) is 54.1. The van der Waals surface area contributed by atoms with Gasteiger partial charge in [0.1, 0.15) is 28.9 Å². The van der Waals surface area contributed by atoms with Crippen molar-refractivity contribution in [3.63, 3.8) is 0 Å².